The normalized spacial score (nSPS) is 13.5. The Hall–Kier alpha value is -1.06. The van der Waals surface area contributed by atoms with Crippen LogP contribution in [-0.4, -0.2) is 17.3 Å². The molecule has 0 radical (unpaired) electrons. The van der Waals surface area contributed by atoms with E-state index in [2.05, 4.69) is 0 Å². The maximum absolute atomic E-state index is 9.59. The van der Waals surface area contributed by atoms with Crippen LogP contribution in [0.3, 0.4) is 0 Å². The third-order valence-corrected chi connectivity index (χ3v) is 2.70. The van der Waals surface area contributed by atoms with Gasteiger partial charge in [-0.1, -0.05) is 12.1 Å². The summed E-state index contributed by atoms with van der Waals surface area (Å²) in [6.45, 7) is 8.04. The average molecular weight is 237 g/mol. The van der Waals surface area contributed by atoms with Gasteiger partial charge in [0.1, 0.15) is 5.75 Å². The SMILES string of the molecule is Cc1cc(C(C)N)ccc1OCCC(C)(C)O. The largest absolute Gasteiger partial charge is 0.493 e. The first-order chi connectivity index (χ1) is 7.79. The Balaban J connectivity index is 2.61. The molecule has 0 saturated carbocycles. The van der Waals surface area contributed by atoms with Gasteiger partial charge in [-0.25, -0.2) is 0 Å². The van der Waals surface area contributed by atoms with E-state index in [1.165, 1.54) is 0 Å². The van der Waals surface area contributed by atoms with Crippen LogP contribution in [0.15, 0.2) is 18.2 Å². The van der Waals surface area contributed by atoms with Crippen LogP contribution in [0.2, 0.25) is 0 Å². The van der Waals surface area contributed by atoms with Gasteiger partial charge in [-0.3, -0.25) is 0 Å². The zero-order valence-corrected chi connectivity index (χ0v) is 11.2. The smallest absolute Gasteiger partial charge is 0.122 e. The van der Waals surface area contributed by atoms with E-state index < -0.39 is 5.60 Å². The molecule has 1 rings (SSSR count). The van der Waals surface area contributed by atoms with Crippen LogP contribution in [0.4, 0.5) is 0 Å². The Morgan fingerprint density at radius 2 is 2.06 bits per heavy atom. The molecule has 0 heterocycles. The van der Waals surface area contributed by atoms with Crippen molar-refractivity contribution >= 4 is 0 Å². The quantitative estimate of drug-likeness (QED) is 0.827. The Morgan fingerprint density at radius 3 is 2.53 bits per heavy atom. The third-order valence-electron chi connectivity index (χ3n) is 2.70. The zero-order valence-electron chi connectivity index (χ0n) is 11.2. The van der Waals surface area contributed by atoms with E-state index in [-0.39, 0.29) is 6.04 Å². The summed E-state index contributed by atoms with van der Waals surface area (Å²) in [4.78, 5) is 0. The van der Waals surface area contributed by atoms with Gasteiger partial charge in [-0.05, 0) is 44.9 Å². The number of aryl methyl sites for hydroxylation is 1. The molecule has 1 aromatic carbocycles. The molecule has 1 unspecified atom stereocenters. The summed E-state index contributed by atoms with van der Waals surface area (Å²) in [6, 6.07) is 6.01. The second kappa shape index (κ2) is 5.52. The zero-order chi connectivity index (χ0) is 13.1. The van der Waals surface area contributed by atoms with E-state index in [0.717, 1.165) is 16.9 Å². The first kappa shape index (κ1) is 14.0. The molecule has 96 valence electrons. The molecule has 0 spiro atoms. The molecule has 17 heavy (non-hydrogen) atoms. The molecule has 3 nitrogen and oxygen atoms in total. The van der Waals surface area contributed by atoms with Crippen molar-refractivity contribution in [3.05, 3.63) is 29.3 Å². The molecule has 0 aliphatic carbocycles. The first-order valence-corrected chi connectivity index (χ1v) is 6.01. The molecule has 1 aromatic rings. The molecule has 3 heteroatoms. The summed E-state index contributed by atoms with van der Waals surface area (Å²) in [5.74, 6) is 0.860. The standard InChI is InChI=1S/C14H23NO2/c1-10-9-12(11(2)15)5-6-13(10)17-8-7-14(3,4)16/h5-6,9,11,16H,7-8,15H2,1-4H3. The monoisotopic (exact) mass is 237 g/mol. The minimum Gasteiger partial charge on any atom is -0.493 e. The fourth-order valence-electron chi connectivity index (χ4n) is 1.53. The van der Waals surface area contributed by atoms with Gasteiger partial charge in [0.2, 0.25) is 0 Å². The van der Waals surface area contributed by atoms with Gasteiger partial charge < -0.3 is 15.6 Å². The highest BCUT2D eigenvalue weighted by Gasteiger charge is 2.12. The van der Waals surface area contributed by atoms with E-state index in [4.69, 9.17) is 10.5 Å². The highest BCUT2D eigenvalue weighted by molar-refractivity contribution is 5.37. The molecule has 0 aromatic heterocycles. The van der Waals surface area contributed by atoms with Gasteiger partial charge in [-0.15, -0.1) is 0 Å². The fraction of sp³-hybridized carbons (Fsp3) is 0.571. The second-order valence-electron chi connectivity index (χ2n) is 5.22. The van der Waals surface area contributed by atoms with Gasteiger partial charge in [-0.2, -0.15) is 0 Å². The average Bonchev–Trinajstić information content (AvgIpc) is 2.18. The van der Waals surface area contributed by atoms with Crippen molar-refractivity contribution in [2.45, 2.75) is 45.8 Å². The van der Waals surface area contributed by atoms with Crippen molar-refractivity contribution in [3.63, 3.8) is 0 Å². The maximum atomic E-state index is 9.59. The van der Waals surface area contributed by atoms with Crippen LogP contribution in [0.25, 0.3) is 0 Å². The van der Waals surface area contributed by atoms with Crippen molar-refractivity contribution in [1.82, 2.24) is 0 Å². The van der Waals surface area contributed by atoms with Crippen LogP contribution in [0, 0.1) is 6.92 Å². The summed E-state index contributed by atoms with van der Waals surface area (Å²) in [6.07, 6.45) is 0.613. The van der Waals surface area contributed by atoms with Gasteiger partial charge >= 0.3 is 0 Å². The lowest BCUT2D eigenvalue weighted by Crippen LogP contribution is -2.21. The van der Waals surface area contributed by atoms with Crippen molar-refractivity contribution in [3.8, 4) is 5.75 Å². The number of ether oxygens (including phenoxy) is 1. The summed E-state index contributed by atoms with van der Waals surface area (Å²) in [5.41, 5.74) is 7.32. The summed E-state index contributed by atoms with van der Waals surface area (Å²) >= 11 is 0. The summed E-state index contributed by atoms with van der Waals surface area (Å²) < 4.78 is 5.65. The lowest BCUT2D eigenvalue weighted by atomic mass is 10.1. The van der Waals surface area contributed by atoms with Crippen molar-refractivity contribution in [2.75, 3.05) is 6.61 Å². The molecular formula is C14H23NO2. The Labute approximate surface area is 104 Å². The summed E-state index contributed by atoms with van der Waals surface area (Å²) in [5, 5.41) is 9.59. The lowest BCUT2D eigenvalue weighted by Gasteiger charge is -2.18. The van der Waals surface area contributed by atoms with Gasteiger partial charge in [0.25, 0.3) is 0 Å². The minimum absolute atomic E-state index is 0.0409. The number of aliphatic hydroxyl groups is 1. The van der Waals surface area contributed by atoms with E-state index in [1.807, 2.05) is 32.0 Å². The highest BCUT2D eigenvalue weighted by Crippen LogP contribution is 2.22. The van der Waals surface area contributed by atoms with E-state index >= 15 is 0 Å². The van der Waals surface area contributed by atoms with Crippen molar-refractivity contribution in [1.29, 1.82) is 0 Å². The van der Waals surface area contributed by atoms with Gasteiger partial charge in [0.05, 0.1) is 12.2 Å². The Bertz CT molecular complexity index is 367. The second-order valence-corrected chi connectivity index (χ2v) is 5.22. The van der Waals surface area contributed by atoms with Gasteiger partial charge in [0, 0.05) is 12.5 Å². The molecule has 3 N–H and O–H groups in total. The van der Waals surface area contributed by atoms with Crippen LogP contribution < -0.4 is 10.5 Å². The predicted molar refractivity (Wildman–Crippen MR) is 70.2 cm³/mol. The predicted octanol–water partition coefficient (Wildman–Crippen LogP) is 2.55. The number of benzene rings is 1. The Morgan fingerprint density at radius 1 is 1.41 bits per heavy atom. The number of rotatable bonds is 5. The lowest BCUT2D eigenvalue weighted by molar-refractivity contribution is 0.0552. The van der Waals surface area contributed by atoms with Gasteiger partial charge in [0.15, 0.2) is 0 Å². The number of hydrogen-bond donors (Lipinski definition) is 2. The third kappa shape index (κ3) is 4.75. The molecule has 0 saturated heterocycles. The summed E-state index contributed by atoms with van der Waals surface area (Å²) in [7, 11) is 0. The highest BCUT2D eigenvalue weighted by atomic mass is 16.5. The van der Waals surface area contributed by atoms with Crippen LogP contribution in [0.5, 0.6) is 5.75 Å². The topological polar surface area (TPSA) is 55.5 Å². The van der Waals surface area contributed by atoms with Crippen molar-refractivity contribution in [2.24, 2.45) is 5.73 Å². The van der Waals surface area contributed by atoms with Crippen LogP contribution >= 0.6 is 0 Å². The molecular weight excluding hydrogens is 214 g/mol. The van der Waals surface area contributed by atoms with Crippen molar-refractivity contribution < 1.29 is 9.84 Å². The number of nitrogens with two attached hydrogens (primary N) is 1. The molecule has 0 fully saturated rings. The minimum atomic E-state index is -0.681. The van der Waals surface area contributed by atoms with E-state index in [0.29, 0.717) is 13.0 Å². The van der Waals surface area contributed by atoms with E-state index in [1.54, 1.807) is 13.8 Å². The molecule has 0 aliphatic rings. The fourth-order valence-corrected chi connectivity index (χ4v) is 1.53. The maximum Gasteiger partial charge on any atom is 0.122 e. The molecule has 1 atom stereocenters. The van der Waals surface area contributed by atoms with Crippen LogP contribution in [-0.2, 0) is 0 Å². The molecule has 0 amide bonds. The number of hydrogen-bond acceptors (Lipinski definition) is 3. The first-order valence-electron chi connectivity index (χ1n) is 6.01. The molecule has 0 bridgehead atoms. The van der Waals surface area contributed by atoms with Crippen LogP contribution in [0.1, 0.15) is 44.4 Å². The Kier molecular flexibility index (Phi) is 4.54. The van der Waals surface area contributed by atoms with E-state index in [9.17, 15) is 5.11 Å². The molecule has 0 aliphatic heterocycles.